The number of hydrogen-bond acceptors (Lipinski definition) is 3. The molecule has 0 fully saturated rings. The molecule has 1 atom stereocenters. The van der Waals surface area contributed by atoms with Crippen LogP contribution in [0.5, 0.6) is 0 Å². The van der Waals surface area contributed by atoms with E-state index in [1.54, 1.807) is 0 Å². The van der Waals surface area contributed by atoms with Gasteiger partial charge in [-0.25, -0.2) is 9.36 Å². The van der Waals surface area contributed by atoms with Crippen LogP contribution in [0.4, 0.5) is 0 Å². The normalized spacial score (nSPS) is 14.0. The number of hydrogen-bond donors (Lipinski definition) is 5. The zero-order chi connectivity index (χ0) is 11.9. The van der Waals surface area contributed by atoms with Crippen LogP contribution >= 0.6 is 7.82 Å². The average molecular weight is 228 g/mol. The van der Waals surface area contributed by atoms with Crippen molar-refractivity contribution < 1.29 is 34.3 Å². The number of aliphatic carboxylic acids is 1. The van der Waals surface area contributed by atoms with E-state index in [2.05, 4.69) is 0 Å². The minimum Gasteiger partial charge on any atom is -0.478 e. The van der Waals surface area contributed by atoms with Crippen LogP contribution in [0.15, 0.2) is 11.6 Å². The monoisotopic (exact) mass is 228 g/mol. The van der Waals surface area contributed by atoms with Crippen LogP contribution in [0.3, 0.4) is 0 Å². The number of rotatable bonds is 2. The van der Waals surface area contributed by atoms with Gasteiger partial charge in [-0.05, 0) is 19.9 Å². The number of aliphatic hydroxyl groups is 1. The summed E-state index contributed by atoms with van der Waals surface area (Å²) >= 11 is 0. The Morgan fingerprint density at radius 3 is 1.71 bits per heavy atom. The van der Waals surface area contributed by atoms with Crippen molar-refractivity contribution in [2.24, 2.45) is 0 Å². The number of carboxylic acid groups (broad SMARTS) is 1. The zero-order valence-corrected chi connectivity index (χ0v) is 8.55. The highest BCUT2D eigenvalue weighted by Gasteiger charge is 2.00. The molecular weight excluding hydrogens is 215 g/mol. The fourth-order valence-corrected chi connectivity index (χ4v) is 0.433. The predicted molar refractivity (Wildman–Crippen MR) is 47.3 cm³/mol. The van der Waals surface area contributed by atoms with Gasteiger partial charge in [0.25, 0.3) is 0 Å². The molecule has 0 aliphatic heterocycles. The van der Waals surface area contributed by atoms with E-state index < -0.39 is 19.9 Å². The van der Waals surface area contributed by atoms with Gasteiger partial charge in [-0.1, -0.05) is 0 Å². The van der Waals surface area contributed by atoms with Gasteiger partial charge in [0.2, 0.25) is 0 Å². The quantitative estimate of drug-likeness (QED) is 0.316. The first kappa shape index (κ1) is 15.7. The Morgan fingerprint density at radius 2 is 1.64 bits per heavy atom. The lowest BCUT2D eigenvalue weighted by Crippen LogP contribution is -2.01. The van der Waals surface area contributed by atoms with Crippen molar-refractivity contribution in [2.45, 2.75) is 20.0 Å². The van der Waals surface area contributed by atoms with E-state index in [4.69, 9.17) is 29.5 Å². The molecule has 0 heterocycles. The maximum absolute atomic E-state index is 10.1. The summed E-state index contributed by atoms with van der Waals surface area (Å²) in [6, 6.07) is 0. The standard InChI is InChI=1S/C6H10O3.H3O4P/c1-4(6(8)9)3-5(2)7;1-5(2,3)4/h3,5,7H,1-2H3,(H,8,9);(H3,1,2,3,4). The molecular formula is C6H13O7P. The molecule has 0 spiro atoms. The lowest BCUT2D eigenvalue weighted by Gasteiger charge is -1.95. The largest absolute Gasteiger partial charge is 0.478 e. The van der Waals surface area contributed by atoms with E-state index >= 15 is 0 Å². The number of carbonyl (C=O) groups is 1. The predicted octanol–water partition coefficient (Wildman–Crippen LogP) is -0.530. The summed E-state index contributed by atoms with van der Waals surface area (Å²) in [5, 5.41) is 16.9. The zero-order valence-electron chi connectivity index (χ0n) is 7.65. The van der Waals surface area contributed by atoms with Crippen LogP contribution in [0.2, 0.25) is 0 Å². The fourth-order valence-electron chi connectivity index (χ4n) is 0.433. The molecule has 7 nitrogen and oxygen atoms in total. The highest BCUT2D eigenvalue weighted by molar-refractivity contribution is 7.45. The number of carboxylic acids is 1. The summed E-state index contributed by atoms with van der Waals surface area (Å²) in [6.07, 6.45) is 0.601. The molecule has 0 bridgehead atoms. The van der Waals surface area contributed by atoms with Crippen LogP contribution in [0.25, 0.3) is 0 Å². The molecule has 0 amide bonds. The van der Waals surface area contributed by atoms with Crippen LogP contribution in [-0.2, 0) is 9.36 Å². The third-order valence-corrected chi connectivity index (χ3v) is 0.829. The lowest BCUT2D eigenvalue weighted by atomic mass is 10.2. The van der Waals surface area contributed by atoms with Gasteiger partial charge in [0, 0.05) is 5.57 Å². The summed E-state index contributed by atoms with van der Waals surface area (Å²) in [6.45, 7) is 2.95. The third kappa shape index (κ3) is 22.5. The van der Waals surface area contributed by atoms with Gasteiger partial charge >= 0.3 is 13.8 Å². The smallest absolute Gasteiger partial charge is 0.466 e. The van der Waals surface area contributed by atoms with Gasteiger partial charge in [-0.15, -0.1) is 0 Å². The summed E-state index contributed by atoms with van der Waals surface area (Å²) < 4.78 is 8.88. The molecule has 14 heavy (non-hydrogen) atoms. The summed E-state index contributed by atoms with van der Waals surface area (Å²) in [4.78, 5) is 31.6. The molecule has 1 unspecified atom stereocenters. The Kier molecular flexibility index (Phi) is 7.52. The summed E-state index contributed by atoms with van der Waals surface area (Å²) in [5.41, 5.74) is 0.171. The van der Waals surface area contributed by atoms with Crippen molar-refractivity contribution in [3.63, 3.8) is 0 Å². The first-order valence-corrected chi connectivity index (χ1v) is 4.98. The summed E-state index contributed by atoms with van der Waals surface area (Å²) in [5.74, 6) is -0.990. The Hall–Kier alpha value is -0.720. The minimum atomic E-state index is -4.64. The summed E-state index contributed by atoms with van der Waals surface area (Å²) in [7, 11) is -4.64. The number of phosphoric acid groups is 1. The highest BCUT2D eigenvalue weighted by Crippen LogP contribution is 2.25. The molecule has 0 aliphatic rings. The molecule has 8 heteroatoms. The van der Waals surface area contributed by atoms with Crippen molar-refractivity contribution in [3.05, 3.63) is 11.6 Å². The molecule has 84 valence electrons. The minimum absolute atomic E-state index is 0.171. The molecule has 0 aromatic carbocycles. The molecule has 0 radical (unpaired) electrons. The average Bonchev–Trinajstić information content (AvgIpc) is 1.80. The molecule has 5 N–H and O–H groups in total. The molecule has 0 rings (SSSR count). The van der Waals surface area contributed by atoms with E-state index in [-0.39, 0.29) is 5.57 Å². The van der Waals surface area contributed by atoms with Gasteiger partial charge < -0.3 is 24.9 Å². The van der Waals surface area contributed by atoms with Gasteiger partial charge in [0.1, 0.15) is 0 Å². The molecule has 0 saturated heterocycles. The van der Waals surface area contributed by atoms with Crippen molar-refractivity contribution in [3.8, 4) is 0 Å². The lowest BCUT2D eigenvalue weighted by molar-refractivity contribution is -0.132. The Morgan fingerprint density at radius 1 is 1.36 bits per heavy atom. The van der Waals surface area contributed by atoms with Crippen molar-refractivity contribution in [1.29, 1.82) is 0 Å². The van der Waals surface area contributed by atoms with Crippen molar-refractivity contribution in [1.82, 2.24) is 0 Å². The Bertz CT molecular complexity index is 243. The molecule has 0 aromatic rings. The van der Waals surface area contributed by atoms with Gasteiger partial charge in [-0.2, -0.15) is 0 Å². The fraction of sp³-hybridized carbons (Fsp3) is 0.500. The van der Waals surface area contributed by atoms with Crippen molar-refractivity contribution >= 4 is 13.8 Å². The molecule has 0 aromatic heterocycles. The molecule has 0 saturated carbocycles. The highest BCUT2D eigenvalue weighted by atomic mass is 31.2. The first-order valence-electron chi connectivity index (χ1n) is 3.42. The van der Waals surface area contributed by atoms with Crippen molar-refractivity contribution in [2.75, 3.05) is 0 Å². The third-order valence-electron chi connectivity index (χ3n) is 0.829. The Labute approximate surface area is 80.6 Å². The second-order valence-corrected chi connectivity index (χ2v) is 3.44. The number of aliphatic hydroxyl groups excluding tert-OH is 1. The second-order valence-electron chi connectivity index (χ2n) is 2.41. The topological polar surface area (TPSA) is 135 Å². The SMILES string of the molecule is CC(=CC(C)O)C(=O)O.O=P(O)(O)O. The maximum atomic E-state index is 10.1. The van der Waals surface area contributed by atoms with Crippen LogP contribution in [0.1, 0.15) is 13.8 Å². The first-order chi connectivity index (χ1) is 6.04. The van der Waals surface area contributed by atoms with Crippen LogP contribution < -0.4 is 0 Å². The van der Waals surface area contributed by atoms with Gasteiger partial charge in [0.15, 0.2) is 0 Å². The van der Waals surface area contributed by atoms with Crippen LogP contribution in [-0.4, -0.2) is 37.0 Å². The van der Waals surface area contributed by atoms with E-state index in [9.17, 15) is 4.79 Å². The van der Waals surface area contributed by atoms with E-state index in [0.29, 0.717) is 0 Å². The Balaban J connectivity index is 0. The maximum Gasteiger partial charge on any atom is 0.466 e. The van der Waals surface area contributed by atoms with Gasteiger partial charge in [-0.3, -0.25) is 0 Å². The van der Waals surface area contributed by atoms with Gasteiger partial charge in [0.05, 0.1) is 6.10 Å². The second kappa shape index (κ2) is 6.69. The van der Waals surface area contributed by atoms with E-state index in [1.165, 1.54) is 19.9 Å². The molecule has 0 aliphatic carbocycles. The van der Waals surface area contributed by atoms with E-state index in [0.717, 1.165) is 0 Å². The van der Waals surface area contributed by atoms with E-state index in [1.807, 2.05) is 0 Å². The van der Waals surface area contributed by atoms with Crippen LogP contribution in [0, 0.1) is 0 Å².